The minimum absolute atomic E-state index is 0.0897. The predicted molar refractivity (Wildman–Crippen MR) is 101 cm³/mol. The molecule has 0 aliphatic carbocycles. The van der Waals surface area contributed by atoms with E-state index in [0.717, 1.165) is 24.9 Å². The Kier molecular flexibility index (Phi) is 7.76. The van der Waals surface area contributed by atoms with Crippen LogP contribution in [0.1, 0.15) is 37.7 Å². The van der Waals surface area contributed by atoms with E-state index in [1.54, 1.807) is 21.3 Å². The predicted octanol–water partition coefficient (Wildman–Crippen LogP) is 2.75. The van der Waals surface area contributed by atoms with E-state index in [-0.39, 0.29) is 18.2 Å². The highest BCUT2D eigenvalue weighted by Gasteiger charge is 2.24. The number of piperidine rings is 1. The zero-order valence-corrected chi connectivity index (χ0v) is 16.3. The number of hydrogen-bond acceptors (Lipinski definition) is 5. The molecule has 2 rings (SSSR count). The van der Waals surface area contributed by atoms with Gasteiger partial charge in [-0.3, -0.25) is 9.59 Å². The van der Waals surface area contributed by atoms with Gasteiger partial charge in [0.2, 0.25) is 11.7 Å². The van der Waals surface area contributed by atoms with Gasteiger partial charge >= 0.3 is 5.97 Å². The van der Waals surface area contributed by atoms with E-state index in [4.69, 9.17) is 19.3 Å². The molecule has 1 aromatic carbocycles. The van der Waals surface area contributed by atoms with E-state index in [9.17, 15) is 9.59 Å². The molecule has 0 aromatic heterocycles. The van der Waals surface area contributed by atoms with Crippen molar-refractivity contribution in [2.45, 2.75) is 38.5 Å². The number of carboxylic acids is 1. The summed E-state index contributed by atoms with van der Waals surface area (Å²) in [7, 11) is 4.69. The summed E-state index contributed by atoms with van der Waals surface area (Å²) in [6.07, 6.45) is 3.62. The number of rotatable bonds is 9. The molecule has 0 spiro atoms. The van der Waals surface area contributed by atoms with Gasteiger partial charge in [0.05, 0.1) is 21.3 Å². The first-order valence-electron chi connectivity index (χ1n) is 9.27. The summed E-state index contributed by atoms with van der Waals surface area (Å²) in [5.41, 5.74) is 0.892. The first-order valence-corrected chi connectivity index (χ1v) is 9.27. The van der Waals surface area contributed by atoms with Gasteiger partial charge in [-0.2, -0.15) is 0 Å². The number of hydrogen-bond donors (Lipinski definition) is 1. The van der Waals surface area contributed by atoms with E-state index in [0.29, 0.717) is 43.1 Å². The van der Waals surface area contributed by atoms with Gasteiger partial charge < -0.3 is 24.2 Å². The lowest BCUT2D eigenvalue weighted by Crippen LogP contribution is -2.40. The van der Waals surface area contributed by atoms with Gasteiger partial charge in [0.15, 0.2) is 11.5 Å². The Labute approximate surface area is 160 Å². The molecule has 1 saturated heterocycles. The van der Waals surface area contributed by atoms with Crippen molar-refractivity contribution in [2.75, 3.05) is 34.4 Å². The second-order valence-corrected chi connectivity index (χ2v) is 6.77. The van der Waals surface area contributed by atoms with Gasteiger partial charge in [0, 0.05) is 25.9 Å². The molecule has 1 heterocycles. The Bertz CT molecular complexity index is 660. The number of amides is 1. The van der Waals surface area contributed by atoms with Crippen LogP contribution in [0, 0.1) is 5.92 Å². The number of ether oxygens (including phenoxy) is 3. The number of nitrogens with zero attached hydrogens (tertiary/aromatic N) is 1. The van der Waals surface area contributed by atoms with Crippen LogP contribution in [0.3, 0.4) is 0 Å². The first kappa shape index (κ1) is 20.9. The molecule has 150 valence electrons. The Balaban J connectivity index is 1.97. The van der Waals surface area contributed by atoms with E-state index in [1.807, 2.05) is 17.0 Å². The standard InChI is InChI=1S/C20H29NO6/c1-25-16-9-7-15(19(26-2)20(16)27-3)8-10-17(22)21-12-4-5-14(13-21)6-11-18(23)24/h7,9,14H,4-6,8,10-13H2,1-3H3,(H,23,24). The number of carbonyl (C=O) groups is 2. The fraction of sp³-hybridized carbons (Fsp3) is 0.600. The van der Waals surface area contributed by atoms with Crippen LogP contribution in [0.15, 0.2) is 12.1 Å². The largest absolute Gasteiger partial charge is 0.493 e. The molecule has 1 N–H and O–H groups in total. The van der Waals surface area contributed by atoms with Crippen molar-refractivity contribution < 1.29 is 28.9 Å². The normalized spacial score (nSPS) is 16.7. The molecule has 0 radical (unpaired) electrons. The zero-order valence-electron chi connectivity index (χ0n) is 16.3. The number of likely N-dealkylation sites (tertiary alicyclic amines) is 1. The average molecular weight is 379 g/mol. The van der Waals surface area contributed by atoms with E-state index in [2.05, 4.69) is 0 Å². The van der Waals surface area contributed by atoms with Gasteiger partial charge in [-0.15, -0.1) is 0 Å². The topological polar surface area (TPSA) is 85.3 Å². The molecule has 0 saturated carbocycles. The van der Waals surface area contributed by atoms with E-state index >= 15 is 0 Å². The monoisotopic (exact) mass is 379 g/mol. The number of carboxylic acid groups (broad SMARTS) is 1. The molecule has 7 nitrogen and oxygen atoms in total. The van der Waals surface area contributed by atoms with Crippen LogP contribution in [0.2, 0.25) is 0 Å². The van der Waals surface area contributed by atoms with Crippen LogP contribution in [0.25, 0.3) is 0 Å². The van der Waals surface area contributed by atoms with Crippen molar-refractivity contribution in [3.63, 3.8) is 0 Å². The molecule has 0 bridgehead atoms. The fourth-order valence-electron chi connectivity index (χ4n) is 3.61. The minimum Gasteiger partial charge on any atom is -0.493 e. The third-order valence-electron chi connectivity index (χ3n) is 5.03. The van der Waals surface area contributed by atoms with Crippen LogP contribution < -0.4 is 14.2 Å². The number of benzene rings is 1. The highest BCUT2D eigenvalue weighted by atomic mass is 16.5. The maximum atomic E-state index is 12.6. The summed E-state index contributed by atoms with van der Waals surface area (Å²) < 4.78 is 16.1. The van der Waals surface area contributed by atoms with Crippen LogP contribution in [0.5, 0.6) is 17.2 Å². The van der Waals surface area contributed by atoms with Gasteiger partial charge in [-0.1, -0.05) is 6.07 Å². The summed E-state index contributed by atoms with van der Waals surface area (Å²) in [5, 5.41) is 8.85. The molecule has 1 aromatic rings. The maximum Gasteiger partial charge on any atom is 0.303 e. The van der Waals surface area contributed by atoms with Crippen molar-refractivity contribution in [1.29, 1.82) is 0 Å². The van der Waals surface area contributed by atoms with E-state index < -0.39 is 5.97 Å². The second kappa shape index (κ2) is 10.0. The number of carbonyl (C=O) groups excluding carboxylic acids is 1. The third-order valence-corrected chi connectivity index (χ3v) is 5.03. The van der Waals surface area contributed by atoms with Gasteiger partial charge in [-0.25, -0.2) is 0 Å². The average Bonchev–Trinajstić information content (AvgIpc) is 2.69. The van der Waals surface area contributed by atoms with Crippen LogP contribution in [-0.4, -0.2) is 56.3 Å². The van der Waals surface area contributed by atoms with Gasteiger partial charge in [0.1, 0.15) is 0 Å². The molecule has 1 fully saturated rings. The molecular formula is C20H29NO6. The second-order valence-electron chi connectivity index (χ2n) is 6.77. The first-order chi connectivity index (χ1) is 13.0. The molecular weight excluding hydrogens is 350 g/mol. The molecule has 7 heteroatoms. The molecule has 1 aliphatic rings. The van der Waals surface area contributed by atoms with E-state index in [1.165, 1.54) is 0 Å². The lowest BCUT2D eigenvalue weighted by atomic mass is 9.93. The lowest BCUT2D eigenvalue weighted by molar-refractivity contribution is -0.137. The molecule has 27 heavy (non-hydrogen) atoms. The fourth-order valence-corrected chi connectivity index (χ4v) is 3.61. The number of aliphatic carboxylic acids is 1. The quantitative estimate of drug-likeness (QED) is 0.710. The number of aryl methyl sites for hydroxylation is 1. The Morgan fingerprint density at radius 1 is 1.11 bits per heavy atom. The van der Waals surface area contributed by atoms with Crippen LogP contribution >= 0.6 is 0 Å². The van der Waals surface area contributed by atoms with Crippen LogP contribution in [0.4, 0.5) is 0 Å². The lowest BCUT2D eigenvalue weighted by Gasteiger charge is -2.32. The molecule has 1 amide bonds. The Hall–Kier alpha value is -2.44. The van der Waals surface area contributed by atoms with Crippen molar-refractivity contribution in [1.82, 2.24) is 4.90 Å². The Morgan fingerprint density at radius 3 is 2.48 bits per heavy atom. The third kappa shape index (κ3) is 5.52. The minimum atomic E-state index is -0.779. The summed E-state index contributed by atoms with van der Waals surface area (Å²) in [4.78, 5) is 25.3. The highest BCUT2D eigenvalue weighted by Crippen LogP contribution is 2.40. The zero-order chi connectivity index (χ0) is 19.8. The van der Waals surface area contributed by atoms with Crippen molar-refractivity contribution in [3.8, 4) is 17.2 Å². The van der Waals surface area contributed by atoms with Gasteiger partial charge in [0.25, 0.3) is 0 Å². The van der Waals surface area contributed by atoms with Crippen molar-refractivity contribution >= 4 is 11.9 Å². The van der Waals surface area contributed by atoms with Gasteiger partial charge in [-0.05, 0) is 43.2 Å². The summed E-state index contributed by atoms with van der Waals surface area (Å²) in [6, 6.07) is 3.70. The van der Waals surface area contributed by atoms with Crippen molar-refractivity contribution in [3.05, 3.63) is 17.7 Å². The smallest absolute Gasteiger partial charge is 0.303 e. The van der Waals surface area contributed by atoms with Crippen molar-refractivity contribution in [2.24, 2.45) is 5.92 Å². The highest BCUT2D eigenvalue weighted by molar-refractivity contribution is 5.77. The summed E-state index contributed by atoms with van der Waals surface area (Å²) >= 11 is 0. The Morgan fingerprint density at radius 2 is 1.85 bits per heavy atom. The maximum absolute atomic E-state index is 12.6. The molecule has 1 unspecified atom stereocenters. The summed E-state index contributed by atoms with van der Waals surface area (Å²) in [6.45, 7) is 1.39. The SMILES string of the molecule is COc1ccc(CCC(=O)N2CCCC(CCC(=O)O)C2)c(OC)c1OC. The van der Waals surface area contributed by atoms with Crippen LogP contribution in [-0.2, 0) is 16.0 Å². The molecule has 1 aliphatic heterocycles. The molecule has 1 atom stereocenters. The number of methoxy groups -OCH3 is 3. The summed E-state index contributed by atoms with van der Waals surface area (Å²) in [5.74, 6) is 1.28.